The summed E-state index contributed by atoms with van der Waals surface area (Å²) in [5, 5.41) is 3.58. The highest BCUT2D eigenvalue weighted by atomic mass is 35.5. The normalized spacial score (nSPS) is 15.2. The van der Waals surface area contributed by atoms with Crippen LogP contribution in [-0.2, 0) is 0 Å². The van der Waals surface area contributed by atoms with Gasteiger partial charge in [0.1, 0.15) is 11.6 Å². The Morgan fingerprint density at radius 1 is 1.20 bits per heavy atom. The van der Waals surface area contributed by atoms with Crippen molar-refractivity contribution in [1.29, 1.82) is 0 Å². The van der Waals surface area contributed by atoms with E-state index in [1.54, 1.807) is 23.1 Å². The molecule has 1 aliphatic carbocycles. The number of amides is 2. The molecule has 1 unspecified atom stereocenters. The molecule has 0 spiro atoms. The summed E-state index contributed by atoms with van der Waals surface area (Å²) in [5.41, 5.74) is 0.688. The van der Waals surface area contributed by atoms with Crippen LogP contribution in [0.1, 0.15) is 70.7 Å². The van der Waals surface area contributed by atoms with Crippen LogP contribution in [0.3, 0.4) is 0 Å². The van der Waals surface area contributed by atoms with Crippen molar-refractivity contribution < 1.29 is 9.18 Å². The number of nitrogens with zero attached hydrogens (tertiary/aromatic N) is 3. The Hall–Kier alpha value is -2.93. The molecular formula is C27H32ClFN4O2. The maximum absolute atomic E-state index is 14.0. The van der Waals surface area contributed by atoms with Crippen LogP contribution in [0.2, 0.25) is 5.02 Å². The lowest BCUT2D eigenvalue weighted by Gasteiger charge is -2.34. The number of aromatic nitrogens is 2. The van der Waals surface area contributed by atoms with E-state index in [2.05, 4.69) is 5.32 Å². The van der Waals surface area contributed by atoms with E-state index in [-0.39, 0.29) is 22.7 Å². The van der Waals surface area contributed by atoms with E-state index in [9.17, 15) is 14.0 Å². The number of nitrogens with one attached hydrogen (secondary N) is 1. The SMILES string of the molecule is CCCN(C(=O)NC1CCCCC1)C(CC)c1nc2ccccc2c(=O)n1-c1ccc(F)c(Cl)c1. The fourth-order valence-electron chi connectivity index (χ4n) is 4.93. The number of carbonyl (C=O) groups is 1. The lowest BCUT2D eigenvalue weighted by molar-refractivity contribution is 0.161. The van der Waals surface area contributed by atoms with Crippen LogP contribution in [0.25, 0.3) is 16.6 Å². The van der Waals surface area contributed by atoms with Crippen molar-refractivity contribution in [3.63, 3.8) is 0 Å². The van der Waals surface area contributed by atoms with E-state index < -0.39 is 11.9 Å². The Bertz CT molecular complexity index is 1260. The van der Waals surface area contributed by atoms with Crippen molar-refractivity contribution in [3.8, 4) is 5.69 Å². The second kappa shape index (κ2) is 11.2. The standard InChI is InChI=1S/C27H32ClFN4O2/c1-3-16-32(27(35)30-18-10-6-5-7-11-18)24(4-2)25-31-23-13-9-8-12-20(23)26(34)33(25)19-14-15-22(29)21(28)17-19/h8-9,12-15,17-18,24H,3-7,10-11,16H2,1-2H3,(H,30,35). The van der Waals surface area contributed by atoms with Crippen molar-refractivity contribution in [1.82, 2.24) is 19.8 Å². The lowest BCUT2D eigenvalue weighted by atomic mass is 9.96. The van der Waals surface area contributed by atoms with Gasteiger partial charge in [0.25, 0.3) is 5.56 Å². The average Bonchev–Trinajstić information content (AvgIpc) is 2.86. The zero-order valence-corrected chi connectivity index (χ0v) is 21.0. The van der Waals surface area contributed by atoms with Crippen LogP contribution in [0.15, 0.2) is 47.3 Å². The van der Waals surface area contributed by atoms with E-state index in [4.69, 9.17) is 16.6 Å². The second-order valence-corrected chi connectivity index (χ2v) is 9.54. The molecular weight excluding hydrogens is 467 g/mol. The van der Waals surface area contributed by atoms with Crippen molar-refractivity contribution >= 4 is 28.5 Å². The highest BCUT2D eigenvalue weighted by Crippen LogP contribution is 2.28. The molecule has 0 bridgehead atoms. The molecule has 0 radical (unpaired) electrons. The zero-order valence-electron chi connectivity index (χ0n) is 20.3. The van der Waals surface area contributed by atoms with Gasteiger partial charge < -0.3 is 10.2 Å². The van der Waals surface area contributed by atoms with Gasteiger partial charge in [-0.25, -0.2) is 14.2 Å². The smallest absolute Gasteiger partial charge is 0.318 e. The average molecular weight is 499 g/mol. The van der Waals surface area contributed by atoms with Crippen molar-refractivity contribution in [2.75, 3.05) is 6.54 Å². The molecule has 8 heteroatoms. The number of hydrogen-bond acceptors (Lipinski definition) is 3. The Morgan fingerprint density at radius 3 is 2.63 bits per heavy atom. The molecule has 1 saturated carbocycles. The van der Waals surface area contributed by atoms with Gasteiger partial charge in [-0.1, -0.05) is 56.8 Å². The fraction of sp³-hybridized carbons (Fsp3) is 0.444. The number of urea groups is 1. The van der Waals surface area contributed by atoms with Gasteiger partial charge in [-0.2, -0.15) is 0 Å². The molecule has 1 atom stereocenters. The van der Waals surface area contributed by atoms with Crippen LogP contribution in [-0.4, -0.2) is 33.1 Å². The molecule has 2 amide bonds. The Morgan fingerprint density at radius 2 is 1.94 bits per heavy atom. The van der Waals surface area contributed by atoms with Crippen LogP contribution in [0.5, 0.6) is 0 Å². The van der Waals surface area contributed by atoms with Crippen LogP contribution < -0.4 is 10.9 Å². The van der Waals surface area contributed by atoms with Crippen molar-refractivity contribution in [2.45, 2.75) is 70.9 Å². The maximum atomic E-state index is 14.0. The van der Waals surface area contributed by atoms with Crippen LogP contribution in [0.4, 0.5) is 9.18 Å². The summed E-state index contributed by atoms with van der Waals surface area (Å²) in [6.45, 7) is 4.52. The summed E-state index contributed by atoms with van der Waals surface area (Å²) in [4.78, 5) is 33.9. The predicted molar refractivity (Wildman–Crippen MR) is 138 cm³/mol. The molecule has 0 saturated heterocycles. The molecule has 1 fully saturated rings. The maximum Gasteiger partial charge on any atom is 0.318 e. The van der Waals surface area contributed by atoms with Gasteiger partial charge in [0, 0.05) is 12.6 Å². The number of hydrogen-bond donors (Lipinski definition) is 1. The first kappa shape index (κ1) is 25.2. The van der Waals surface area contributed by atoms with Gasteiger partial charge in [-0.15, -0.1) is 0 Å². The molecule has 6 nitrogen and oxygen atoms in total. The first-order chi connectivity index (χ1) is 16.9. The summed E-state index contributed by atoms with van der Waals surface area (Å²) >= 11 is 6.09. The van der Waals surface area contributed by atoms with E-state index in [1.165, 1.54) is 29.2 Å². The van der Waals surface area contributed by atoms with E-state index in [1.807, 2.05) is 19.9 Å². The van der Waals surface area contributed by atoms with Gasteiger partial charge in [0.05, 0.1) is 27.7 Å². The van der Waals surface area contributed by atoms with Gasteiger partial charge in [-0.05, 0) is 56.0 Å². The molecule has 35 heavy (non-hydrogen) atoms. The minimum absolute atomic E-state index is 0.0815. The minimum Gasteiger partial charge on any atom is -0.335 e. The summed E-state index contributed by atoms with van der Waals surface area (Å²) < 4.78 is 15.4. The molecule has 186 valence electrons. The van der Waals surface area contributed by atoms with Gasteiger partial charge in [0.2, 0.25) is 0 Å². The Kier molecular flexibility index (Phi) is 8.06. The molecule has 1 aliphatic rings. The number of rotatable bonds is 7. The Labute approximate surface area is 210 Å². The monoisotopic (exact) mass is 498 g/mol. The lowest BCUT2D eigenvalue weighted by Crippen LogP contribution is -2.48. The third-order valence-corrected chi connectivity index (χ3v) is 6.97. The molecule has 0 aliphatic heterocycles. The summed E-state index contributed by atoms with van der Waals surface area (Å²) in [6, 6.07) is 10.9. The zero-order chi connectivity index (χ0) is 24.9. The Balaban J connectivity index is 1.84. The number of halogens is 2. The second-order valence-electron chi connectivity index (χ2n) is 9.13. The predicted octanol–water partition coefficient (Wildman–Crippen LogP) is 6.38. The van der Waals surface area contributed by atoms with Crippen LogP contribution in [0, 0.1) is 5.82 Å². The molecule has 3 aromatic rings. The number of para-hydroxylation sites is 1. The topological polar surface area (TPSA) is 67.2 Å². The van der Waals surface area contributed by atoms with E-state index in [0.29, 0.717) is 35.4 Å². The quantitative estimate of drug-likeness (QED) is 0.410. The molecule has 1 N–H and O–H groups in total. The number of fused-ring (bicyclic) bond motifs is 1. The van der Waals surface area contributed by atoms with Crippen molar-refractivity contribution in [3.05, 3.63) is 69.5 Å². The number of benzene rings is 2. The molecule has 1 heterocycles. The fourth-order valence-corrected chi connectivity index (χ4v) is 5.11. The van der Waals surface area contributed by atoms with Crippen molar-refractivity contribution in [2.24, 2.45) is 0 Å². The highest BCUT2D eigenvalue weighted by molar-refractivity contribution is 6.30. The summed E-state index contributed by atoms with van der Waals surface area (Å²) in [5.74, 6) is -0.128. The van der Waals surface area contributed by atoms with Gasteiger partial charge >= 0.3 is 6.03 Å². The summed E-state index contributed by atoms with van der Waals surface area (Å²) in [6.07, 6.45) is 6.72. The third kappa shape index (κ3) is 5.35. The minimum atomic E-state index is -0.565. The van der Waals surface area contributed by atoms with E-state index in [0.717, 1.165) is 32.1 Å². The molecule has 1 aromatic heterocycles. The van der Waals surface area contributed by atoms with Gasteiger partial charge in [0.15, 0.2) is 0 Å². The van der Waals surface area contributed by atoms with Crippen LogP contribution >= 0.6 is 11.6 Å². The highest BCUT2D eigenvalue weighted by Gasteiger charge is 2.30. The first-order valence-corrected chi connectivity index (χ1v) is 12.9. The first-order valence-electron chi connectivity index (χ1n) is 12.5. The van der Waals surface area contributed by atoms with Gasteiger partial charge in [-0.3, -0.25) is 9.36 Å². The van der Waals surface area contributed by atoms with E-state index >= 15 is 0 Å². The largest absolute Gasteiger partial charge is 0.335 e. The number of carbonyl (C=O) groups excluding carboxylic acids is 1. The third-order valence-electron chi connectivity index (χ3n) is 6.68. The molecule has 4 rings (SSSR count). The molecule has 2 aromatic carbocycles. The summed E-state index contributed by atoms with van der Waals surface area (Å²) in [7, 11) is 0.